The number of halogens is 3. The maximum atomic E-state index is 13.2. The van der Waals surface area contributed by atoms with Crippen LogP contribution in [0, 0.1) is 0 Å². The summed E-state index contributed by atoms with van der Waals surface area (Å²) in [6.07, 6.45) is 0.679. The zero-order chi connectivity index (χ0) is 18.9. The molecule has 1 aromatic heterocycles. The number of benzene rings is 1. The maximum absolute atomic E-state index is 13.2. The number of nitrogens with zero attached hydrogens (tertiary/aromatic N) is 3. The lowest BCUT2D eigenvalue weighted by atomic mass is 9.79. The van der Waals surface area contributed by atoms with Gasteiger partial charge in [0.1, 0.15) is 0 Å². The molecule has 0 bridgehead atoms. The Labute approximate surface area is 155 Å². The first-order chi connectivity index (χ1) is 13.0. The van der Waals surface area contributed by atoms with Gasteiger partial charge in [-0.2, -0.15) is 18.4 Å². The van der Waals surface area contributed by atoms with E-state index in [0.717, 1.165) is 62.9 Å². The average Bonchev–Trinajstić information content (AvgIpc) is 3.35. The van der Waals surface area contributed by atoms with Gasteiger partial charge in [-0.25, -0.2) is 0 Å². The summed E-state index contributed by atoms with van der Waals surface area (Å²) in [4.78, 5) is 0. The van der Waals surface area contributed by atoms with Gasteiger partial charge < -0.3 is 10.6 Å². The normalized spacial score (nSPS) is 26.4. The Morgan fingerprint density at radius 2 is 1.85 bits per heavy atom. The van der Waals surface area contributed by atoms with E-state index < -0.39 is 11.7 Å². The summed E-state index contributed by atoms with van der Waals surface area (Å²) in [7, 11) is 0. The van der Waals surface area contributed by atoms with Gasteiger partial charge >= 0.3 is 6.18 Å². The van der Waals surface area contributed by atoms with Gasteiger partial charge in [0.05, 0.1) is 5.56 Å². The van der Waals surface area contributed by atoms with Crippen LogP contribution in [-0.2, 0) is 6.18 Å². The van der Waals surface area contributed by atoms with Crippen LogP contribution < -0.4 is 10.6 Å². The van der Waals surface area contributed by atoms with Crippen molar-refractivity contribution in [2.24, 2.45) is 0 Å². The molecule has 2 fully saturated rings. The number of H-pyrrole nitrogens is 1. The molecule has 1 atom stereocenters. The third kappa shape index (κ3) is 4.14. The molecule has 1 aliphatic carbocycles. The van der Waals surface area contributed by atoms with Gasteiger partial charge in [0.15, 0.2) is 0 Å². The van der Waals surface area contributed by atoms with Crippen molar-refractivity contribution < 1.29 is 13.2 Å². The first-order valence-electron chi connectivity index (χ1n) is 9.42. The number of aromatic amines is 1. The zero-order valence-electron chi connectivity index (χ0n) is 14.9. The van der Waals surface area contributed by atoms with Gasteiger partial charge in [0, 0.05) is 24.2 Å². The summed E-state index contributed by atoms with van der Waals surface area (Å²) < 4.78 is 39.5. The lowest BCUT2D eigenvalue weighted by Crippen LogP contribution is -2.41. The molecule has 4 rings (SSSR count). The van der Waals surface area contributed by atoms with Crippen LogP contribution in [0.4, 0.5) is 13.2 Å². The highest BCUT2D eigenvalue weighted by Crippen LogP contribution is 2.40. The molecule has 0 amide bonds. The number of alkyl halides is 3. The van der Waals surface area contributed by atoms with Crippen molar-refractivity contribution in [2.75, 3.05) is 13.1 Å². The molecule has 2 aliphatic rings. The fourth-order valence-corrected chi connectivity index (χ4v) is 4.26. The molecule has 6 nitrogen and oxygen atoms in total. The monoisotopic (exact) mass is 380 g/mol. The van der Waals surface area contributed by atoms with Crippen molar-refractivity contribution in [2.45, 2.75) is 56.3 Å². The molecule has 1 aliphatic heterocycles. The molecular weight excluding hydrogens is 357 g/mol. The molecular formula is C18H23F3N6. The largest absolute Gasteiger partial charge is 0.416 e. The lowest BCUT2D eigenvalue weighted by molar-refractivity contribution is -0.137. The van der Waals surface area contributed by atoms with Crippen molar-refractivity contribution in [1.29, 1.82) is 0 Å². The Kier molecular flexibility index (Phi) is 5.14. The predicted molar refractivity (Wildman–Crippen MR) is 94.0 cm³/mol. The summed E-state index contributed by atoms with van der Waals surface area (Å²) in [5, 5.41) is 20.7. The van der Waals surface area contributed by atoms with E-state index in [1.165, 1.54) is 0 Å². The number of hydrogen-bond acceptors (Lipinski definition) is 5. The molecule has 0 radical (unpaired) electrons. The molecule has 3 N–H and O–H groups in total. The van der Waals surface area contributed by atoms with Crippen LogP contribution in [0.5, 0.6) is 0 Å². The van der Waals surface area contributed by atoms with Crippen LogP contribution in [0.1, 0.15) is 49.1 Å². The quantitative estimate of drug-likeness (QED) is 0.760. The van der Waals surface area contributed by atoms with E-state index in [0.29, 0.717) is 17.6 Å². The van der Waals surface area contributed by atoms with E-state index in [1.807, 2.05) is 0 Å². The minimum Gasteiger partial charge on any atom is -0.315 e. The van der Waals surface area contributed by atoms with Crippen LogP contribution >= 0.6 is 0 Å². The van der Waals surface area contributed by atoms with Crippen LogP contribution in [0.3, 0.4) is 0 Å². The fourth-order valence-electron chi connectivity index (χ4n) is 4.26. The van der Waals surface area contributed by atoms with E-state index in [9.17, 15) is 13.2 Å². The summed E-state index contributed by atoms with van der Waals surface area (Å²) >= 11 is 0. The van der Waals surface area contributed by atoms with Gasteiger partial charge in [-0.15, -0.1) is 10.2 Å². The topological polar surface area (TPSA) is 78.5 Å². The van der Waals surface area contributed by atoms with Crippen LogP contribution in [0.25, 0.3) is 11.4 Å². The number of tetrazole rings is 1. The average molecular weight is 380 g/mol. The Morgan fingerprint density at radius 1 is 1.04 bits per heavy atom. The molecule has 1 aromatic carbocycles. The second-order valence-electron chi connectivity index (χ2n) is 7.44. The summed E-state index contributed by atoms with van der Waals surface area (Å²) in [5.74, 6) is 0.425. The van der Waals surface area contributed by atoms with Crippen molar-refractivity contribution in [3.63, 3.8) is 0 Å². The lowest BCUT2D eigenvalue weighted by Gasteiger charge is -2.32. The standard InChI is InChI=1S/C18H23F3N6/c19-18(20,21)12-3-6-15(16(9-12)17-24-26-27-25-17)11-1-4-13(5-2-11)23-14-7-8-22-10-14/h3,6,9,11,13-14,22-23H,1-2,4-5,7-8,10H2,(H,24,25,26,27). The molecule has 27 heavy (non-hydrogen) atoms. The minimum atomic E-state index is -4.39. The van der Waals surface area contributed by atoms with Crippen molar-refractivity contribution >= 4 is 0 Å². The second kappa shape index (κ2) is 7.55. The van der Waals surface area contributed by atoms with Crippen molar-refractivity contribution in [1.82, 2.24) is 31.3 Å². The van der Waals surface area contributed by atoms with Gasteiger partial charge in [0.25, 0.3) is 0 Å². The Hall–Kier alpha value is -2.00. The predicted octanol–water partition coefficient (Wildman–Crippen LogP) is 2.86. The highest BCUT2D eigenvalue weighted by atomic mass is 19.4. The van der Waals surface area contributed by atoms with Crippen LogP contribution in [0.2, 0.25) is 0 Å². The molecule has 2 heterocycles. The zero-order valence-corrected chi connectivity index (χ0v) is 14.9. The van der Waals surface area contributed by atoms with E-state index in [1.54, 1.807) is 6.07 Å². The third-order valence-electron chi connectivity index (χ3n) is 5.67. The smallest absolute Gasteiger partial charge is 0.315 e. The molecule has 1 unspecified atom stereocenters. The summed E-state index contributed by atoms with van der Waals surface area (Å²) in [6, 6.07) is 4.91. The van der Waals surface area contributed by atoms with Crippen molar-refractivity contribution in [3.05, 3.63) is 29.3 Å². The Morgan fingerprint density at radius 3 is 2.48 bits per heavy atom. The molecule has 2 aromatic rings. The van der Waals surface area contributed by atoms with E-state index >= 15 is 0 Å². The molecule has 0 spiro atoms. The van der Waals surface area contributed by atoms with Gasteiger partial charge in [-0.1, -0.05) is 6.07 Å². The number of aromatic nitrogens is 4. The molecule has 1 saturated carbocycles. The second-order valence-corrected chi connectivity index (χ2v) is 7.44. The fraction of sp³-hybridized carbons (Fsp3) is 0.611. The van der Waals surface area contributed by atoms with Gasteiger partial charge in [0.2, 0.25) is 5.82 Å². The Bertz CT molecular complexity index is 747. The molecule has 146 valence electrons. The number of nitrogens with one attached hydrogen (secondary N) is 3. The summed E-state index contributed by atoms with van der Waals surface area (Å²) in [6.45, 7) is 2.08. The van der Waals surface area contributed by atoms with Gasteiger partial charge in [-0.05, 0) is 67.5 Å². The van der Waals surface area contributed by atoms with Gasteiger partial charge in [-0.3, -0.25) is 0 Å². The summed E-state index contributed by atoms with van der Waals surface area (Å²) in [5.41, 5.74) is 0.621. The first kappa shape index (κ1) is 18.4. The maximum Gasteiger partial charge on any atom is 0.416 e. The molecule has 9 heteroatoms. The highest BCUT2D eigenvalue weighted by molar-refractivity contribution is 5.62. The van der Waals surface area contributed by atoms with Crippen LogP contribution in [-0.4, -0.2) is 45.8 Å². The van der Waals surface area contributed by atoms with E-state index in [-0.39, 0.29) is 11.7 Å². The van der Waals surface area contributed by atoms with E-state index in [2.05, 4.69) is 31.3 Å². The Balaban J connectivity index is 1.51. The molecule has 1 saturated heterocycles. The number of hydrogen-bond donors (Lipinski definition) is 3. The third-order valence-corrected chi connectivity index (χ3v) is 5.67. The van der Waals surface area contributed by atoms with Crippen LogP contribution in [0.15, 0.2) is 18.2 Å². The highest BCUT2D eigenvalue weighted by Gasteiger charge is 2.33. The number of rotatable bonds is 4. The first-order valence-corrected chi connectivity index (χ1v) is 9.42. The SMILES string of the molecule is FC(F)(F)c1ccc(C2CCC(NC3CCNC3)CC2)c(-c2nn[nH]n2)c1. The van der Waals surface area contributed by atoms with E-state index in [4.69, 9.17) is 0 Å². The van der Waals surface area contributed by atoms with Crippen molar-refractivity contribution in [3.8, 4) is 11.4 Å². The minimum absolute atomic E-state index is 0.209.